The summed E-state index contributed by atoms with van der Waals surface area (Å²) in [4.78, 5) is 23.2. The molecule has 26 heavy (non-hydrogen) atoms. The Hall–Kier alpha value is -2.43. The van der Waals surface area contributed by atoms with E-state index in [9.17, 15) is 18.0 Å². The van der Waals surface area contributed by atoms with Crippen LogP contribution in [0.2, 0.25) is 0 Å². The second kappa shape index (κ2) is 7.06. The number of carbonyl (C=O) groups is 1. The van der Waals surface area contributed by atoms with Gasteiger partial charge in [-0.15, -0.1) is 5.10 Å². The topological polar surface area (TPSA) is 78.7 Å². The number of amides is 1. The number of hydrogen-bond donors (Lipinski definition) is 1. The number of likely N-dealkylation sites (N-methyl/N-ethyl adjacent to an activating group) is 1. The maximum Gasteiger partial charge on any atom is 0.453 e. The van der Waals surface area contributed by atoms with Crippen LogP contribution in [0.5, 0.6) is 0 Å². The van der Waals surface area contributed by atoms with Gasteiger partial charge in [0.15, 0.2) is 0 Å². The molecule has 3 rings (SSSR count). The second-order valence-corrected chi connectivity index (χ2v) is 6.12. The van der Waals surface area contributed by atoms with E-state index in [4.69, 9.17) is 0 Å². The number of anilines is 1. The van der Waals surface area contributed by atoms with Crippen molar-refractivity contribution in [3.63, 3.8) is 0 Å². The normalized spacial score (nSPS) is 16.3. The number of nitrogens with zero attached hydrogens (tertiary/aromatic N) is 6. The van der Waals surface area contributed by atoms with E-state index in [0.717, 1.165) is 4.52 Å². The molecule has 1 amide bonds. The lowest BCUT2D eigenvalue weighted by atomic mass is 10.3. The molecule has 0 saturated carbocycles. The summed E-state index contributed by atoms with van der Waals surface area (Å²) in [6.45, 7) is 6.85. The van der Waals surface area contributed by atoms with E-state index in [1.54, 1.807) is 13.0 Å². The Morgan fingerprint density at radius 1 is 1.23 bits per heavy atom. The average molecular weight is 371 g/mol. The highest BCUT2D eigenvalue weighted by molar-refractivity contribution is 5.77. The molecule has 2 aromatic rings. The first-order valence-electron chi connectivity index (χ1n) is 8.33. The molecule has 142 valence electrons. The molecule has 0 bridgehead atoms. The highest BCUT2D eigenvalue weighted by Gasteiger charge is 2.37. The molecule has 0 unspecified atom stereocenters. The van der Waals surface area contributed by atoms with Crippen molar-refractivity contribution in [2.24, 2.45) is 0 Å². The first-order valence-corrected chi connectivity index (χ1v) is 8.33. The lowest BCUT2D eigenvalue weighted by Crippen LogP contribution is -2.50. The van der Waals surface area contributed by atoms with E-state index in [0.29, 0.717) is 50.8 Å². The summed E-state index contributed by atoms with van der Waals surface area (Å²) in [5, 5.41) is 6.34. The molecule has 1 aliphatic heterocycles. The fourth-order valence-corrected chi connectivity index (χ4v) is 2.90. The maximum absolute atomic E-state index is 12.9. The van der Waals surface area contributed by atoms with Crippen LogP contribution in [0.25, 0.3) is 5.78 Å². The van der Waals surface area contributed by atoms with Crippen LogP contribution in [0.4, 0.5) is 19.0 Å². The zero-order valence-electron chi connectivity index (χ0n) is 14.5. The Morgan fingerprint density at radius 2 is 1.92 bits per heavy atom. The zero-order valence-corrected chi connectivity index (χ0v) is 14.5. The van der Waals surface area contributed by atoms with Gasteiger partial charge in [0.25, 0.3) is 11.6 Å². The van der Waals surface area contributed by atoms with E-state index >= 15 is 0 Å². The number of rotatable bonds is 4. The molecule has 3 heterocycles. The lowest BCUT2D eigenvalue weighted by Gasteiger charge is -2.35. The highest BCUT2D eigenvalue weighted by atomic mass is 19.4. The van der Waals surface area contributed by atoms with Crippen LogP contribution < -0.4 is 10.2 Å². The molecule has 0 atom stereocenters. The smallest absolute Gasteiger partial charge is 0.355 e. The molecule has 11 heteroatoms. The van der Waals surface area contributed by atoms with E-state index in [1.807, 2.05) is 16.7 Å². The van der Waals surface area contributed by atoms with Crippen molar-refractivity contribution < 1.29 is 18.0 Å². The van der Waals surface area contributed by atoms with Crippen molar-refractivity contribution in [3.8, 4) is 0 Å². The highest BCUT2D eigenvalue weighted by Crippen LogP contribution is 2.28. The van der Waals surface area contributed by atoms with Gasteiger partial charge in [0.2, 0.25) is 5.91 Å². The largest absolute Gasteiger partial charge is 0.453 e. The van der Waals surface area contributed by atoms with Crippen LogP contribution >= 0.6 is 0 Å². The summed E-state index contributed by atoms with van der Waals surface area (Å²) < 4.78 is 39.9. The van der Waals surface area contributed by atoms with E-state index < -0.39 is 12.0 Å². The fourth-order valence-electron chi connectivity index (χ4n) is 2.90. The van der Waals surface area contributed by atoms with Gasteiger partial charge in [-0.1, -0.05) is 0 Å². The Balaban J connectivity index is 1.79. The minimum atomic E-state index is -4.62. The third kappa shape index (κ3) is 3.87. The first-order chi connectivity index (χ1) is 12.3. The minimum Gasteiger partial charge on any atom is -0.355 e. The van der Waals surface area contributed by atoms with Gasteiger partial charge in [-0.05, 0) is 13.8 Å². The van der Waals surface area contributed by atoms with Crippen LogP contribution in [0.3, 0.4) is 0 Å². The summed E-state index contributed by atoms with van der Waals surface area (Å²) in [6.07, 6.45) is -4.62. The molecule has 1 N–H and O–H groups in total. The molecule has 0 aromatic carbocycles. The van der Waals surface area contributed by atoms with Gasteiger partial charge in [-0.25, -0.2) is 4.98 Å². The number of aryl methyl sites for hydroxylation is 1. The molecule has 8 nitrogen and oxygen atoms in total. The summed E-state index contributed by atoms with van der Waals surface area (Å²) in [5.41, 5.74) is 0.568. The number of carbonyl (C=O) groups excluding carboxylic acids is 1. The molecule has 0 spiro atoms. The first kappa shape index (κ1) is 18.4. The molecule has 0 radical (unpaired) electrons. The van der Waals surface area contributed by atoms with Gasteiger partial charge < -0.3 is 10.2 Å². The van der Waals surface area contributed by atoms with Gasteiger partial charge in [0.1, 0.15) is 5.82 Å². The third-order valence-electron chi connectivity index (χ3n) is 4.11. The molecular weight excluding hydrogens is 351 g/mol. The molecule has 2 aromatic heterocycles. The molecule has 1 fully saturated rings. The Morgan fingerprint density at radius 3 is 2.54 bits per heavy atom. The summed E-state index contributed by atoms with van der Waals surface area (Å²) in [5.74, 6) is -0.786. The average Bonchev–Trinajstić information content (AvgIpc) is 2.99. The van der Waals surface area contributed by atoms with Gasteiger partial charge >= 0.3 is 6.18 Å². The molecule has 1 saturated heterocycles. The summed E-state index contributed by atoms with van der Waals surface area (Å²) >= 11 is 0. The van der Waals surface area contributed by atoms with Gasteiger partial charge in [0, 0.05) is 44.5 Å². The van der Waals surface area contributed by atoms with Crippen LogP contribution in [-0.2, 0) is 11.0 Å². The number of alkyl halides is 3. The van der Waals surface area contributed by atoms with Crippen LogP contribution in [0.1, 0.15) is 18.4 Å². The number of nitrogens with one attached hydrogen (secondary N) is 1. The van der Waals surface area contributed by atoms with E-state index in [-0.39, 0.29) is 11.7 Å². The predicted octanol–water partition coefficient (Wildman–Crippen LogP) is 0.710. The van der Waals surface area contributed by atoms with E-state index in [2.05, 4.69) is 20.4 Å². The number of hydrogen-bond acceptors (Lipinski definition) is 6. The van der Waals surface area contributed by atoms with Gasteiger partial charge in [0.05, 0.1) is 6.54 Å². The third-order valence-corrected chi connectivity index (χ3v) is 4.11. The van der Waals surface area contributed by atoms with Crippen LogP contribution in [-0.4, -0.2) is 69.7 Å². The molecule has 0 aliphatic carbocycles. The summed E-state index contributed by atoms with van der Waals surface area (Å²) in [6, 6.07) is 1.70. The Bertz CT molecular complexity index is 796. The fraction of sp³-hybridized carbons (Fsp3) is 0.600. The summed E-state index contributed by atoms with van der Waals surface area (Å²) in [7, 11) is 0. The number of fused-ring (bicyclic) bond motifs is 1. The van der Waals surface area contributed by atoms with Crippen molar-refractivity contribution in [1.82, 2.24) is 29.8 Å². The quantitative estimate of drug-likeness (QED) is 0.853. The van der Waals surface area contributed by atoms with Crippen molar-refractivity contribution >= 4 is 17.5 Å². The van der Waals surface area contributed by atoms with Crippen molar-refractivity contribution in [1.29, 1.82) is 0 Å². The lowest BCUT2D eigenvalue weighted by molar-refractivity contribution is -0.144. The maximum atomic E-state index is 12.9. The SMILES string of the molecule is CCNC(=O)CN1CCN(c2cc(C)nc3nc(C(F)(F)F)nn23)CC1. The second-order valence-electron chi connectivity index (χ2n) is 6.12. The number of halogens is 3. The van der Waals surface area contributed by atoms with Crippen molar-refractivity contribution in [2.45, 2.75) is 20.0 Å². The standard InChI is InChI=1S/C15H20F3N7O/c1-3-19-11(26)9-23-4-6-24(7-5-23)12-8-10(2)20-14-21-13(15(16,17)18)22-25(12)14/h8H,3-7,9H2,1-2H3,(H,19,26). The Labute approximate surface area is 148 Å². The van der Waals surface area contributed by atoms with E-state index in [1.165, 1.54) is 0 Å². The van der Waals surface area contributed by atoms with Crippen LogP contribution in [0, 0.1) is 6.92 Å². The van der Waals surface area contributed by atoms with Crippen molar-refractivity contribution in [2.75, 3.05) is 44.2 Å². The molecule has 1 aliphatic rings. The van der Waals surface area contributed by atoms with Crippen molar-refractivity contribution in [3.05, 3.63) is 17.6 Å². The Kier molecular flexibility index (Phi) is 4.99. The monoisotopic (exact) mass is 371 g/mol. The molecular formula is C15H20F3N7O. The van der Waals surface area contributed by atoms with Gasteiger partial charge in [-0.3, -0.25) is 9.69 Å². The minimum absolute atomic E-state index is 0.0332. The van der Waals surface area contributed by atoms with Gasteiger partial charge in [-0.2, -0.15) is 22.7 Å². The zero-order chi connectivity index (χ0) is 18.9. The number of aromatic nitrogens is 4. The predicted molar refractivity (Wildman–Crippen MR) is 87.9 cm³/mol. The number of piperazine rings is 1. The van der Waals surface area contributed by atoms with Crippen LogP contribution in [0.15, 0.2) is 6.07 Å².